The van der Waals surface area contributed by atoms with Crippen LogP contribution in [0, 0.1) is 0 Å². The topological polar surface area (TPSA) is 79.1 Å². The highest BCUT2D eigenvalue weighted by molar-refractivity contribution is 9.10. The van der Waals surface area contributed by atoms with E-state index in [1.54, 1.807) is 29.9 Å². The average Bonchev–Trinajstić information content (AvgIpc) is 3.30. The van der Waals surface area contributed by atoms with E-state index in [4.69, 9.17) is 30.8 Å². The first kappa shape index (κ1) is 28.9. The molecule has 0 saturated heterocycles. The lowest BCUT2D eigenvalue weighted by molar-refractivity contribution is -0.136. The van der Waals surface area contributed by atoms with Crippen molar-refractivity contribution in [2.45, 2.75) is 26.0 Å². The van der Waals surface area contributed by atoms with Crippen LogP contribution in [0.2, 0.25) is 5.02 Å². The van der Waals surface area contributed by atoms with Gasteiger partial charge in [-0.05, 0) is 36.3 Å². The molecule has 0 radical (unpaired) electrons. The lowest BCUT2D eigenvalue weighted by Crippen LogP contribution is -2.40. The Labute approximate surface area is 254 Å². The van der Waals surface area contributed by atoms with E-state index < -0.39 is 12.0 Å². The number of aromatic nitrogens is 1. The Kier molecular flexibility index (Phi) is 8.77. The number of benzene rings is 3. The zero-order valence-electron chi connectivity index (χ0n) is 22.5. The summed E-state index contributed by atoms with van der Waals surface area (Å²) in [6.07, 6.45) is 2.26. The first-order chi connectivity index (χ1) is 19.9. The van der Waals surface area contributed by atoms with E-state index in [-0.39, 0.29) is 12.2 Å². The average molecular weight is 654 g/mol. The maximum atomic E-state index is 14.0. The van der Waals surface area contributed by atoms with E-state index >= 15 is 0 Å². The standard InChI is InChI=1S/C31H26BrClN2O5S/c1-4-23-26(30(37)39-3)27(18-10-6-5-7-11-18)35-29(36)25(41-31(35)34-23)15-20-14-21(32)16-24(38-2)28(20)40-17-19-12-8-9-13-22(19)33/h5-16,27H,4,17H2,1-3H3/b25-15+/t27-/m1/s1. The zero-order valence-corrected chi connectivity index (χ0v) is 25.7. The van der Waals surface area contributed by atoms with Gasteiger partial charge in [-0.3, -0.25) is 9.36 Å². The number of esters is 1. The van der Waals surface area contributed by atoms with Crippen molar-refractivity contribution in [3.05, 3.63) is 124 Å². The molecule has 0 aliphatic carbocycles. The number of ether oxygens (including phenoxy) is 3. The molecule has 10 heteroatoms. The third-order valence-electron chi connectivity index (χ3n) is 6.65. The second kappa shape index (κ2) is 12.5. The zero-order chi connectivity index (χ0) is 29.1. The number of thiazole rings is 1. The summed E-state index contributed by atoms with van der Waals surface area (Å²) in [5.74, 6) is 0.445. The number of fused-ring (bicyclic) bond motifs is 1. The van der Waals surface area contributed by atoms with Crippen LogP contribution in [0.1, 0.15) is 36.1 Å². The molecule has 210 valence electrons. The second-order valence-electron chi connectivity index (χ2n) is 9.11. The smallest absolute Gasteiger partial charge is 0.338 e. The number of hydrogen-bond donors (Lipinski definition) is 0. The minimum Gasteiger partial charge on any atom is -0.493 e. The molecule has 1 aromatic heterocycles. The number of methoxy groups -OCH3 is 2. The summed E-state index contributed by atoms with van der Waals surface area (Å²) in [6, 6.07) is 19.8. The first-order valence-electron chi connectivity index (χ1n) is 12.8. The summed E-state index contributed by atoms with van der Waals surface area (Å²) in [7, 11) is 2.89. The number of halogens is 2. The van der Waals surface area contributed by atoms with Gasteiger partial charge in [0.25, 0.3) is 5.56 Å². The molecule has 0 amide bonds. The fourth-order valence-electron chi connectivity index (χ4n) is 4.72. The molecule has 1 aliphatic heterocycles. The molecule has 1 aliphatic rings. The van der Waals surface area contributed by atoms with Crippen LogP contribution in [0.25, 0.3) is 6.08 Å². The van der Waals surface area contributed by atoms with Crippen molar-refractivity contribution in [3.63, 3.8) is 0 Å². The molecule has 1 atom stereocenters. The van der Waals surface area contributed by atoms with Crippen LogP contribution < -0.4 is 24.4 Å². The number of carbonyl (C=O) groups excluding carboxylic acids is 1. The van der Waals surface area contributed by atoms with Crippen molar-refractivity contribution in [2.24, 2.45) is 4.99 Å². The summed E-state index contributed by atoms with van der Waals surface area (Å²) >= 11 is 11.1. The molecule has 0 unspecified atom stereocenters. The lowest BCUT2D eigenvalue weighted by Gasteiger charge is -2.25. The molecule has 3 aromatic carbocycles. The maximum absolute atomic E-state index is 14.0. The van der Waals surface area contributed by atoms with Gasteiger partial charge in [-0.25, -0.2) is 9.79 Å². The van der Waals surface area contributed by atoms with Gasteiger partial charge in [-0.1, -0.05) is 94.3 Å². The predicted molar refractivity (Wildman–Crippen MR) is 163 cm³/mol. The van der Waals surface area contributed by atoms with E-state index in [0.717, 1.165) is 15.6 Å². The Balaban J connectivity index is 1.69. The van der Waals surface area contributed by atoms with Gasteiger partial charge < -0.3 is 14.2 Å². The van der Waals surface area contributed by atoms with Gasteiger partial charge in [0.1, 0.15) is 6.61 Å². The number of nitrogens with zero attached hydrogens (tertiary/aromatic N) is 2. The van der Waals surface area contributed by atoms with Crippen molar-refractivity contribution >= 4 is 50.9 Å². The SMILES string of the molecule is CCC1=C(C(=O)OC)[C@@H](c2ccccc2)n2c(s/c(=C/c3cc(Br)cc(OC)c3OCc3ccccc3Cl)c2=O)=N1. The summed E-state index contributed by atoms with van der Waals surface area (Å²) < 4.78 is 19.7. The molecular weight excluding hydrogens is 628 g/mol. The normalized spacial score (nSPS) is 14.9. The molecule has 0 fully saturated rings. The Morgan fingerprint density at radius 3 is 2.54 bits per heavy atom. The van der Waals surface area contributed by atoms with Crippen LogP contribution in [-0.4, -0.2) is 24.8 Å². The Hall–Kier alpha value is -3.66. The largest absolute Gasteiger partial charge is 0.493 e. The van der Waals surface area contributed by atoms with Crippen molar-refractivity contribution in [1.82, 2.24) is 4.57 Å². The minimum atomic E-state index is -0.676. The minimum absolute atomic E-state index is 0.204. The molecule has 0 saturated carbocycles. The van der Waals surface area contributed by atoms with Crippen LogP contribution >= 0.6 is 38.9 Å². The molecule has 4 aromatic rings. The summed E-state index contributed by atoms with van der Waals surface area (Å²) in [5, 5.41) is 0.590. The Bertz CT molecular complexity index is 1830. The van der Waals surface area contributed by atoms with Gasteiger partial charge in [0, 0.05) is 20.6 Å². The van der Waals surface area contributed by atoms with Gasteiger partial charge in [0.15, 0.2) is 16.3 Å². The number of allylic oxidation sites excluding steroid dienone is 1. The molecule has 5 rings (SSSR count). The van der Waals surface area contributed by atoms with Crippen LogP contribution in [0.5, 0.6) is 11.5 Å². The predicted octanol–water partition coefficient (Wildman–Crippen LogP) is 5.80. The molecule has 7 nitrogen and oxygen atoms in total. The summed E-state index contributed by atoms with van der Waals surface area (Å²) in [6.45, 7) is 2.13. The quantitative estimate of drug-likeness (QED) is 0.225. The van der Waals surface area contributed by atoms with Crippen LogP contribution in [0.3, 0.4) is 0 Å². The van der Waals surface area contributed by atoms with Gasteiger partial charge in [0.2, 0.25) is 0 Å². The van der Waals surface area contributed by atoms with Crippen LogP contribution in [0.4, 0.5) is 0 Å². The van der Waals surface area contributed by atoms with Gasteiger partial charge in [-0.15, -0.1) is 0 Å². The molecule has 0 N–H and O–H groups in total. The van der Waals surface area contributed by atoms with Gasteiger partial charge >= 0.3 is 5.97 Å². The third kappa shape index (κ3) is 5.75. The molecular formula is C31H26BrClN2O5S. The van der Waals surface area contributed by atoms with Gasteiger partial charge in [0.05, 0.1) is 36.1 Å². The highest BCUT2D eigenvalue weighted by Crippen LogP contribution is 2.37. The monoisotopic (exact) mass is 652 g/mol. The van der Waals surface area contributed by atoms with Crippen LogP contribution in [0.15, 0.2) is 92.3 Å². The number of hydrogen-bond acceptors (Lipinski definition) is 7. The van der Waals surface area contributed by atoms with E-state index in [1.165, 1.54) is 18.4 Å². The molecule has 0 bridgehead atoms. The highest BCUT2D eigenvalue weighted by atomic mass is 79.9. The molecule has 2 heterocycles. The van der Waals surface area contributed by atoms with E-state index in [0.29, 0.717) is 49.1 Å². The van der Waals surface area contributed by atoms with Crippen molar-refractivity contribution < 1.29 is 19.0 Å². The Morgan fingerprint density at radius 1 is 1.12 bits per heavy atom. The van der Waals surface area contributed by atoms with Crippen molar-refractivity contribution in [2.75, 3.05) is 14.2 Å². The molecule has 41 heavy (non-hydrogen) atoms. The second-order valence-corrected chi connectivity index (χ2v) is 11.4. The molecule has 0 spiro atoms. The van der Waals surface area contributed by atoms with E-state index in [2.05, 4.69) is 15.9 Å². The lowest BCUT2D eigenvalue weighted by atomic mass is 9.95. The fourth-order valence-corrected chi connectivity index (χ4v) is 6.38. The number of rotatable bonds is 8. The Morgan fingerprint density at radius 2 is 1.85 bits per heavy atom. The van der Waals surface area contributed by atoms with Crippen LogP contribution in [-0.2, 0) is 16.1 Å². The number of carbonyl (C=O) groups is 1. The van der Waals surface area contributed by atoms with Crippen molar-refractivity contribution in [1.29, 1.82) is 0 Å². The summed E-state index contributed by atoms with van der Waals surface area (Å²) in [5.41, 5.74) is 2.89. The third-order valence-corrected chi connectivity index (χ3v) is 8.46. The highest BCUT2D eigenvalue weighted by Gasteiger charge is 2.33. The van der Waals surface area contributed by atoms with Crippen molar-refractivity contribution in [3.8, 4) is 11.5 Å². The van der Waals surface area contributed by atoms with E-state index in [1.807, 2.05) is 61.5 Å². The maximum Gasteiger partial charge on any atom is 0.338 e. The summed E-state index contributed by atoms with van der Waals surface area (Å²) in [4.78, 5) is 32.3. The first-order valence-corrected chi connectivity index (χ1v) is 14.8. The van der Waals surface area contributed by atoms with E-state index in [9.17, 15) is 9.59 Å². The fraction of sp³-hybridized carbons (Fsp3) is 0.194. The van der Waals surface area contributed by atoms with Gasteiger partial charge in [-0.2, -0.15) is 0 Å².